The van der Waals surface area contributed by atoms with Crippen molar-refractivity contribution in [1.82, 2.24) is 0 Å². The highest BCUT2D eigenvalue weighted by atomic mass is 32.1. The number of nitrogens with two attached hydrogens (primary N) is 1. The van der Waals surface area contributed by atoms with E-state index in [1.165, 1.54) is 42.5 Å². The first-order chi connectivity index (χ1) is 7.66. The van der Waals surface area contributed by atoms with Gasteiger partial charge in [0.1, 0.15) is 0 Å². The van der Waals surface area contributed by atoms with Crippen molar-refractivity contribution in [3.8, 4) is 0 Å². The molecule has 1 aromatic rings. The van der Waals surface area contributed by atoms with E-state index < -0.39 is 0 Å². The maximum absolute atomic E-state index is 5.68. The highest BCUT2D eigenvalue weighted by Crippen LogP contribution is 2.37. The summed E-state index contributed by atoms with van der Waals surface area (Å²) in [5, 5.41) is 2.21. The average Bonchev–Trinajstić information content (AvgIpc) is 2.78. The summed E-state index contributed by atoms with van der Waals surface area (Å²) in [7, 11) is 0. The Labute approximate surface area is 104 Å². The highest BCUT2D eigenvalue weighted by Gasteiger charge is 2.25. The van der Waals surface area contributed by atoms with Gasteiger partial charge in [0.05, 0.1) is 0 Å². The molecule has 16 heavy (non-hydrogen) atoms. The van der Waals surface area contributed by atoms with Crippen molar-refractivity contribution in [2.45, 2.75) is 64.8 Å². The van der Waals surface area contributed by atoms with E-state index in [1.807, 2.05) is 11.3 Å². The van der Waals surface area contributed by atoms with Crippen LogP contribution in [0.4, 0.5) is 0 Å². The Balaban J connectivity index is 2.70. The van der Waals surface area contributed by atoms with E-state index in [2.05, 4.69) is 32.2 Å². The minimum Gasteiger partial charge on any atom is -0.326 e. The highest BCUT2D eigenvalue weighted by molar-refractivity contribution is 7.10. The second-order valence-corrected chi connectivity index (χ2v) is 5.81. The number of hydrogen-bond donors (Lipinski definition) is 1. The van der Waals surface area contributed by atoms with Crippen molar-refractivity contribution in [3.05, 3.63) is 21.9 Å². The molecule has 92 valence electrons. The summed E-state index contributed by atoms with van der Waals surface area (Å²) in [6.07, 6.45) is 6.53. The Kier molecular flexibility index (Phi) is 5.50. The van der Waals surface area contributed by atoms with Crippen LogP contribution < -0.4 is 5.73 Å². The van der Waals surface area contributed by atoms with Gasteiger partial charge in [-0.15, -0.1) is 11.3 Å². The maximum Gasteiger partial charge on any atom is 0.0186 e. The fourth-order valence-corrected chi connectivity index (χ4v) is 3.23. The summed E-state index contributed by atoms with van der Waals surface area (Å²) >= 11 is 1.88. The zero-order chi connectivity index (χ0) is 12.0. The third kappa shape index (κ3) is 3.33. The summed E-state index contributed by atoms with van der Waals surface area (Å²) in [6, 6.07) is 2.31. The molecule has 0 aliphatic rings. The van der Waals surface area contributed by atoms with Gasteiger partial charge in [-0.1, -0.05) is 40.0 Å². The van der Waals surface area contributed by atoms with Crippen LogP contribution in [0.5, 0.6) is 0 Å². The van der Waals surface area contributed by atoms with Crippen molar-refractivity contribution in [2.75, 3.05) is 0 Å². The summed E-state index contributed by atoms with van der Waals surface area (Å²) < 4.78 is 0. The van der Waals surface area contributed by atoms with Gasteiger partial charge in [-0.2, -0.15) is 0 Å². The topological polar surface area (TPSA) is 26.0 Å². The van der Waals surface area contributed by atoms with Gasteiger partial charge in [0.2, 0.25) is 0 Å². The molecule has 1 unspecified atom stereocenters. The van der Waals surface area contributed by atoms with Crippen molar-refractivity contribution >= 4 is 11.3 Å². The largest absolute Gasteiger partial charge is 0.326 e. The fourth-order valence-electron chi connectivity index (χ4n) is 2.04. The standard InChI is InChI=1S/C14H25NS/c1-4-6-7-8-14(3,5-2)13-9-12(10-15)11-16-13/h9,11H,4-8,10,15H2,1-3H3. The Hall–Kier alpha value is -0.340. The molecule has 2 N–H and O–H groups in total. The second kappa shape index (κ2) is 6.41. The van der Waals surface area contributed by atoms with Crippen LogP contribution in [0.1, 0.15) is 63.3 Å². The summed E-state index contributed by atoms with van der Waals surface area (Å²) in [6.45, 7) is 7.63. The van der Waals surface area contributed by atoms with Crippen molar-refractivity contribution in [2.24, 2.45) is 5.73 Å². The molecule has 0 aromatic carbocycles. The zero-order valence-corrected chi connectivity index (χ0v) is 11.7. The molecule has 1 atom stereocenters. The molecule has 0 aliphatic heterocycles. The quantitative estimate of drug-likeness (QED) is 0.699. The van der Waals surface area contributed by atoms with Crippen molar-refractivity contribution in [1.29, 1.82) is 0 Å². The van der Waals surface area contributed by atoms with Crippen molar-refractivity contribution < 1.29 is 0 Å². The van der Waals surface area contributed by atoms with Gasteiger partial charge >= 0.3 is 0 Å². The first kappa shape index (κ1) is 13.7. The first-order valence-corrected chi connectivity index (χ1v) is 7.32. The van der Waals surface area contributed by atoms with Crippen LogP contribution in [0, 0.1) is 0 Å². The summed E-state index contributed by atoms with van der Waals surface area (Å²) in [5.41, 5.74) is 7.33. The summed E-state index contributed by atoms with van der Waals surface area (Å²) in [4.78, 5) is 1.52. The van der Waals surface area contributed by atoms with Crippen LogP contribution >= 0.6 is 11.3 Å². The molecular formula is C14H25NS. The first-order valence-electron chi connectivity index (χ1n) is 6.44. The molecule has 2 heteroatoms. The van der Waals surface area contributed by atoms with Crippen LogP contribution in [0.25, 0.3) is 0 Å². The second-order valence-electron chi connectivity index (χ2n) is 4.89. The monoisotopic (exact) mass is 239 g/mol. The molecule has 0 amide bonds. The molecule has 0 radical (unpaired) electrons. The van der Waals surface area contributed by atoms with Crippen molar-refractivity contribution in [3.63, 3.8) is 0 Å². The molecule has 0 fully saturated rings. The number of unbranched alkanes of at least 4 members (excludes halogenated alkanes) is 2. The lowest BCUT2D eigenvalue weighted by Crippen LogP contribution is -2.19. The van der Waals surface area contributed by atoms with Crippen LogP contribution in [0.2, 0.25) is 0 Å². The maximum atomic E-state index is 5.68. The third-order valence-electron chi connectivity index (χ3n) is 3.60. The van der Waals surface area contributed by atoms with Gasteiger partial charge in [-0.25, -0.2) is 0 Å². The average molecular weight is 239 g/mol. The van der Waals surface area contributed by atoms with E-state index in [9.17, 15) is 0 Å². The van der Waals surface area contributed by atoms with E-state index in [-0.39, 0.29) is 0 Å². The normalized spacial score (nSPS) is 15.0. The van der Waals surface area contributed by atoms with Crippen LogP contribution in [0.15, 0.2) is 11.4 Å². The van der Waals surface area contributed by atoms with Gasteiger partial charge in [0.25, 0.3) is 0 Å². The Bertz CT molecular complexity index is 305. The van der Waals surface area contributed by atoms with Gasteiger partial charge in [0, 0.05) is 16.8 Å². The van der Waals surface area contributed by atoms with Gasteiger partial charge < -0.3 is 5.73 Å². The minimum atomic E-state index is 0.368. The van der Waals surface area contributed by atoms with Crippen LogP contribution in [-0.4, -0.2) is 0 Å². The summed E-state index contributed by atoms with van der Waals surface area (Å²) in [5.74, 6) is 0. The van der Waals surface area contributed by atoms with Crippen LogP contribution in [-0.2, 0) is 12.0 Å². The molecule has 1 aromatic heterocycles. The number of hydrogen-bond acceptors (Lipinski definition) is 2. The van der Waals surface area contributed by atoms with E-state index in [0.717, 1.165) is 0 Å². The molecular weight excluding hydrogens is 214 g/mol. The van der Waals surface area contributed by atoms with Gasteiger partial charge in [0.15, 0.2) is 0 Å². The zero-order valence-electron chi connectivity index (χ0n) is 10.9. The molecule has 0 bridgehead atoms. The van der Waals surface area contributed by atoms with E-state index in [1.54, 1.807) is 0 Å². The lowest BCUT2D eigenvalue weighted by molar-refractivity contribution is 0.405. The van der Waals surface area contributed by atoms with Gasteiger partial charge in [-0.3, -0.25) is 0 Å². The third-order valence-corrected chi connectivity index (χ3v) is 4.88. The minimum absolute atomic E-state index is 0.368. The molecule has 0 spiro atoms. The molecule has 1 nitrogen and oxygen atoms in total. The lowest BCUT2D eigenvalue weighted by atomic mass is 9.80. The molecule has 0 saturated heterocycles. The number of rotatable bonds is 7. The number of thiophene rings is 1. The lowest BCUT2D eigenvalue weighted by Gasteiger charge is -2.27. The Morgan fingerprint density at radius 1 is 1.31 bits per heavy atom. The molecule has 1 rings (SSSR count). The van der Waals surface area contributed by atoms with E-state index >= 15 is 0 Å². The smallest absolute Gasteiger partial charge is 0.0186 e. The fraction of sp³-hybridized carbons (Fsp3) is 0.714. The molecule has 0 aliphatic carbocycles. The molecule has 0 saturated carbocycles. The SMILES string of the molecule is CCCCCC(C)(CC)c1cc(CN)cs1. The Morgan fingerprint density at radius 2 is 2.06 bits per heavy atom. The predicted molar refractivity (Wildman–Crippen MR) is 74.0 cm³/mol. The van der Waals surface area contributed by atoms with E-state index in [0.29, 0.717) is 12.0 Å². The molecule has 1 heterocycles. The van der Waals surface area contributed by atoms with E-state index in [4.69, 9.17) is 5.73 Å². The van der Waals surface area contributed by atoms with Crippen LogP contribution in [0.3, 0.4) is 0 Å². The Morgan fingerprint density at radius 3 is 2.56 bits per heavy atom. The van der Waals surface area contributed by atoms with Gasteiger partial charge in [-0.05, 0) is 29.9 Å². The predicted octanol–water partition coefficient (Wildman–Crippen LogP) is 4.45.